The molecule has 0 aliphatic carbocycles. The minimum atomic E-state index is -0.646. The summed E-state index contributed by atoms with van der Waals surface area (Å²) in [6.07, 6.45) is 3.63. The molecule has 0 fully saturated rings. The molecule has 0 saturated heterocycles. The van der Waals surface area contributed by atoms with E-state index in [0.29, 0.717) is 29.4 Å². The largest absolute Gasteiger partial charge is 0.472 e. The maximum absolute atomic E-state index is 13.7. The summed E-state index contributed by atoms with van der Waals surface area (Å²) < 4.78 is 32.9. The Morgan fingerprint density at radius 3 is 2.81 bits per heavy atom. The molecule has 0 saturated carbocycles. The standard InChI is InChI=1S/C18H18BrF2N5O/c1-11-23-6-13(17(22-2)25-11)7-26-8-15(19)18(24-10-26)27-9-12-3-4-14(20)5-16(12)21/h3-6,8H,7,9-10H2,1-2H3,(H,22,23,25). The van der Waals surface area contributed by atoms with Gasteiger partial charge >= 0.3 is 0 Å². The van der Waals surface area contributed by atoms with Crippen LogP contribution in [0.25, 0.3) is 0 Å². The number of hydrogen-bond donors (Lipinski definition) is 1. The summed E-state index contributed by atoms with van der Waals surface area (Å²) in [5.74, 6) is 0.560. The second-order valence-electron chi connectivity index (χ2n) is 5.89. The number of ether oxygens (including phenoxy) is 1. The van der Waals surface area contributed by atoms with Gasteiger partial charge in [0.25, 0.3) is 0 Å². The van der Waals surface area contributed by atoms with Gasteiger partial charge in [0.2, 0.25) is 5.90 Å². The molecule has 27 heavy (non-hydrogen) atoms. The number of nitrogens with one attached hydrogen (secondary N) is 1. The number of aliphatic imine (C=N–C) groups is 1. The van der Waals surface area contributed by atoms with Gasteiger partial charge in [-0.1, -0.05) is 0 Å². The summed E-state index contributed by atoms with van der Waals surface area (Å²) in [4.78, 5) is 14.9. The number of benzene rings is 1. The Morgan fingerprint density at radius 2 is 2.11 bits per heavy atom. The van der Waals surface area contributed by atoms with Crippen molar-refractivity contribution < 1.29 is 13.5 Å². The molecule has 1 aromatic heterocycles. The van der Waals surface area contributed by atoms with Gasteiger partial charge in [-0.3, -0.25) is 0 Å². The lowest BCUT2D eigenvalue weighted by Crippen LogP contribution is -2.25. The van der Waals surface area contributed by atoms with E-state index >= 15 is 0 Å². The minimum Gasteiger partial charge on any atom is -0.472 e. The molecule has 1 aliphatic heterocycles. The zero-order chi connectivity index (χ0) is 19.4. The lowest BCUT2D eigenvalue weighted by atomic mass is 10.2. The van der Waals surface area contributed by atoms with Crippen molar-refractivity contribution in [3.05, 3.63) is 63.7 Å². The lowest BCUT2D eigenvalue weighted by Gasteiger charge is -2.24. The van der Waals surface area contributed by atoms with Crippen LogP contribution in [0, 0.1) is 18.6 Å². The first-order valence-electron chi connectivity index (χ1n) is 8.19. The van der Waals surface area contributed by atoms with Gasteiger partial charge in [0, 0.05) is 43.2 Å². The van der Waals surface area contributed by atoms with E-state index in [-0.39, 0.29) is 12.2 Å². The summed E-state index contributed by atoms with van der Waals surface area (Å²) in [7, 11) is 1.81. The van der Waals surface area contributed by atoms with Crippen LogP contribution < -0.4 is 5.32 Å². The van der Waals surface area contributed by atoms with E-state index in [1.165, 1.54) is 12.1 Å². The second-order valence-corrected chi connectivity index (χ2v) is 6.75. The fraction of sp³-hybridized carbons (Fsp3) is 0.278. The highest BCUT2D eigenvalue weighted by atomic mass is 79.9. The fourth-order valence-corrected chi connectivity index (χ4v) is 3.06. The van der Waals surface area contributed by atoms with Crippen LogP contribution in [-0.4, -0.2) is 34.5 Å². The first-order valence-corrected chi connectivity index (χ1v) is 8.98. The molecule has 142 valence electrons. The van der Waals surface area contributed by atoms with Crippen molar-refractivity contribution in [2.45, 2.75) is 20.1 Å². The Kier molecular flexibility index (Phi) is 6.00. The first-order chi connectivity index (χ1) is 13.0. The van der Waals surface area contributed by atoms with Gasteiger partial charge in [-0.15, -0.1) is 0 Å². The van der Waals surface area contributed by atoms with Crippen molar-refractivity contribution in [2.24, 2.45) is 4.99 Å². The van der Waals surface area contributed by atoms with Crippen LogP contribution in [0.5, 0.6) is 0 Å². The zero-order valence-corrected chi connectivity index (χ0v) is 16.4. The van der Waals surface area contributed by atoms with E-state index in [1.54, 1.807) is 6.20 Å². The van der Waals surface area contributed by atoms with Gasteiger partial charge in [-0.2, -0.15) is 0 Å². The molecule has 1 N–H and O–H groups in total. The smallest absolute Gasteiger partial charge is 0.226 e. The number of aromatic nitrogens is 2. The van der Waals surface area contributed by atoms with Crippen LogP contribution in [-0.2, 0) is 17.9 Å². The number of anilines is 1. The quantitative estimate of drug-likeness (QED) is 0.771. The highest BCUT2D eigenvalue weighted by Gasteiger charge is 2.17. The van der Waals surface area contributed by atoms with Gasteiger partial charge < -0.3 is 15.0 Å². The third-order valence-corrected chi connectivity index (χ3v) is 4.41. The average molecular weight is 438 g/mol. The Bertz CT molecular complexity index is 903. The summed E-state index contributed by atoms with van der Waals surface area (Å²) >= 11 is 3.42. The van der Waals surface area contributed by atoms with Gasteiger partial charge in [0.15, 0.2) is 0 Å². The average Bonchev–Trinajstić information content (AvgIpc) is 2.63. The number of hydrogen-bond acceptors (Lipinski definition) is 6. The van der Waals surface area contributed by atoms with E-state index < -0.39 is 11.6 Å². The topological polar surface area (TPSA) is 62.6 Å². The minimum absolute atomic E-state index is 0.0381. The maximum Gasteiger partial charge on any atom is 0.226 e. The summed E-state index contributed by atoms with van der Waals surface area (Å²) in [6, 6.07) is 3.38. The molecule has 6 nitrogen and oxygen atoms in total. The fourth-order valence-electron chi connectivity index (χ4n) is 2.53. The molecule has 0 amide bonds. The normalized spacial score (nSPS) is 13.9. The molecule has 0 spiro atoms. The van der Waals surface area contributed by atoms with Crippen molar-refractivity contribution in [1.29, 1.82) is 0 Å². The molecule has 9 heteroatoms. The zero-order valence-electron chi connectivity index (χ0n) is 14.8. The number of halogens is 3. The second kappa shape index (κ2) is 8.43. The SMILES string of the molecule is CNc1nc(C)ncc1CN1C=C(Br)C(OCc2ccc(F)cc2F)=NC1. The molecule has 0 radical (unpaired) electrons. The van der Waals surface area contributed by atoms with Crippen LogP contribution in [0.15, 0.2) is 40.1 Å². The van der Waals surface area contributed by atoms with Crippen molar-refractivity contribution >= 4 is 27.6 Å². The third kappa shape index (κ3) is 4.79. The van der Waals surface area contributed by atoms with E-state index in [1.807, 2.05) is 25.1 Å². The number of aryl methyl sites for hydroxylation is 1. The van der Waals surface area contributed by atoms with Crippen molar-refractivity contribution in [3.8, 4) is 0 Å². The van der Waals surface area contributed by atoms with Gasteiger partial charge in [-0.25, -0.2) is 23.7 Å². The maximum atomic E-state index is 13.7. The van der Waals surface area contributed by atoms with E-state index in [0.717, 1.165) is 17.4 Å². The van der Waals surface area contributed by atoms with Crippen LogP contribution >= 0.6 is 15.9 Å². The summed E-state index contributed by atoms with van der Waals surface area (Å²) in [5.41, 5.74) is 1.20. The molecular formula is C18H18BrF2N5O. The van der Waals surface area contributed by atoms with Crippen LogP contribution in [0.2, 0.25) is 0 Å². The van der Waals surface area contributed by atoms with E-state index in [4.69, 9.17) is 4.74 Å². The summed E-state index contributed by atoms with van der Waals surface area (Å²) in [6.45, 7) is 2.73. The lowest BCUT2D eigenvalue weighted by molar-refractivity contribution is 0.276. The molecule has 0 unspecified atom stereocenters. The highest BCUT2D eigenvalue weighted by Crippen LogP contribution is 2.21. The van der Waals surface area contributed by atoms with Gasteiger partial charge in [0.1, 0.15) is 36.6 Å². The van der Waals surface area contributed by atoms with Crippen LogP contribution in [0.1, 0.15) is 17.0 Å². The predicted molar refractivity (Wildman–Crippen MR) is 102 cm³/mol. The Labute approximate surface area is 164 Å². The van der Waals surface area contributed by atoms with Crippen LogP contribution in [0.3, 0.4) is 0 Å². The van der Waals surface area contributed by atoms with Crippen molar-refractivity contribution in [1.82, 2.24) is 14.9 Å². The molecule has 1 aliphatic rings. The molecule has 2 heterocycles. The first kappa shape index (κ1) is 19.2. The molecule has 0 atom stereocenters. The molecule has 3 rings (SSSR count). The number of rotatable bonds is 5. The molecular weight excluding hydrogens is 420 g/mol. The van der Waals surface area contributed by atoms with E-state index in [2.05, 4.69) is 36.2 Å². The van der Waals surface area contributed by atoms with Crippen LogP contribution in [0.4, 0.5) is 14.6 Å². The summed E-state index contributed by atoms with van der Waals surface area (Å²) in [5, 5.41) is 3.06. The Balaban J connectivity index is 1.63. The highest BCUT2D eigenvalue weighted by molar-refractivity contribution is 9.12. The van der Waals surface area contributed by atoms with Gasteiger partial charge in [0.05, 0.1) is 4.48 Å². The monoisotopic (exact) mass is 437 g/mol. The van der Waals surface area contributed by atoms with Crippen molar-refractivity contribution in [3.63, 3.8) is 0 Å². The van der Waals surface area contributed by atoms with Crippen molar-refractivity contribution in [2.75, 3.05) is 19.0 Å². The third-order valence-electron chi connectivity index (χ3n) is 3.87. The van der Waals surface area contributed by atoms with Gasteiger partial charge in [-0.05, 0) is 35.0 Å². The van der Waals surface area contributed by atoms with E-state index in [9.17, 15) is 8.78 Å². The predicted octanol–water partition coefficient (Wildman–Crippen LogP) is 3.73. The molecule has 2 aromatic rings. The molecule has 1 aromatic carbocycles. The number of nitrogens with zero attached hydrogens (tertiary/aromatic N) is 4. The Hall–Kier alpha value is -2.55. The molecule has 0 bridgehead atoms. The Morgan fingerprint density at radius 1 is 1.30 bits per heavy atom.